The van der Waals surface area contributed by atoms with E-state index in [9.17, 15) is 0 Å². The lowest BCUT2D eigenvalue weighted by molar-refractivity contribution is 1.19. The van der Waals surface area contributed by atoms with E-state index in [4.69, 9.17) is 9.97 Å². The standard InChI is InChI=1S/C46H28N2S/c1-2-11-32(12-3-1)46-47-41(31-20-18-29(19-21-31)33-23-24-38-37-16-8-9-17-43(37)49-44(38)27-33)28-42(48-46)45-36-15-7-5-13-34(36)26-40-35-14-6-4-10-30(35)22-25-39(40)45/h1-28H. The van der Waals surface area contributed by atoms with Gasteiger partial charge < -0.3 is 0 Å². The molecule has 8 aromatic carbocycles. The molecular formula is C46H28N2S. The van der Waals surface area contributed by atoms with Crippen LogP contribution in [0.15, 0.2) is 170 Å². The molecule has 228 valence electrons. The van der Waals surface area contributed by atoms with Gasteiger partial charge in [-0.2, -0.15) is 0 Å². The van der Waals surface area contributed by atoms with Crippen molar-refractivity contribution in [3.05, 3.63) is 170 Å². The van der Waals surface area contributed by atoms with Gasteiger partial charge in [-0.1, -0.05) is 146 Å². The Kier molecular flexibility index (Phi) is 6.39. The zero-order chi connectivity index (χ0) is 32.3. The van der Waals surface area contributed by atoms with E-state index in [-0.39, 0.29) is 0 Å². The second kappa shape index (κ2) is 11.2. The van der Waals surface area contributed by atoms with Crippen molar-refractivity contribution in [2.45, 2.75) is 0 Å². The minimum Gasteiger partial charge on any atom is -0.228 e. The van der Waals surface area contributed by atoms with E-state index in [2.05, 4.69) is 152 Å². The Balaban J connectivity index is 1.15. The Morgan fingerprint density at radius 3 is 1.82 bits per heavy atom. The van der Waals surface area contributed by atoms with Gasteiger partial charge in [0.25, 0.3) is 0 Å². The first-order valence-electron chi connectivity index (χ1n) is 16.6. The maximum absolute atomic E-state index is 5.28. The van der Waals surface area contributed by atoms with Gasteiger partial charge in [0.2, 0.25) is 0 Å². The quantitative estimate of drug-likeness (QED) is 0.141. The molecule has 2 heterocycles. The van der Waals surface area contributed by atoms with Crippen LogP contribution in [-0.4, -0.2) is 9.97 Å². The summed E-state index contributed by atoms with van der Waals surface area (Å²) in [6.07, 6.45) is 0. The summed E-state index contributed by atoms with van der Waals surface area (Å²) < 4.78 is 2.64. The largest absolute Gasteiger partial charge is 0.228 e. The molecule has 0 saturated heterocycles. The Bertz CT molecular complexity index is 2870. The second-order valence-corrected chi connectivity index (χ2v) is 13.7. The molecule has 10 aromatic rings. The third kappa shape index (κ3) is 4.70. The Labute approximate surface area is 287 Å². The highest BCUT2D eigenvalue weighted by atomic mass is 32.1. The Morgan fingerprint density at radius 2 is 0.959 bits per heavy atom. The topological polar surface area (TPSA) is 25.8 Å². The molecule has 2 nitrogen and oxygen atoms in total. The number of hydrogen-bond acceptors (Lipinski definition) is 3. The van der Waals surface area contributed by atoms with Crippen LogP contribution in [0, 0.1) is 0 Å². The van der Waals surface area contributed by atoms with E-state index in [1.54, 1.807) is 0 Å². The van der Waals surface area contributed by atoms with Gasteiger partial charge >= 0.3 is 0 Å². The summed E-state index contributed by atoms with van der Waals surface area (Å²) in [4.78, 5) is 10.4. The van der Waals surface area contributed by atoms with Crippen LogP contribution in [0.25, 0.3) is 97.5 Å². The van der Waals surface area contributed by atoms with Crippen molar-refractivity contribution in [1.29, 1.82) is 0 Å². The third-order valence-corrected chi connectivity index (χ3v) is 10.8. The van der Waals surface area contributed by atoms with Gasteiger partial charge in [0.1, 0.15) is 0 Å². The van der Waals surface area contributed by atoms with Crippen molar-refractivity contribution in [1.82, 2.24) is 9.97 Å². The molecule has 0 aliphatic carbocycles. The summed E-state index contributed by atoms with van der Waals surface area (Å²) in [5.74, 6) is 0.717. The number of rotatable bonds is 4. The second-order valence-electron chi connectivity index (χ2n) is 12.6. The Hall–Kier alpha value is -6.16. The smallest absolute Gasteiger partial charge is 0.160 e. The number of nitrogens with zero attached hydrogens (tertiary/aromatic N) is 2. The third-order valence-electron chi connectivity index (χ3n) is 9.68. The van der Waals surface area contributed by atoms with E-state index in [0.717, 1.165) is 28.1 Å². The summed E-state index contributed by atoms with van der Waals surface area (Å²) in [6.45, 7) is 0. The molecule has 0 N–H and O–H groups in total. The fourth-order valence-electron chi connectivity index (χ4n) is 7.27. The van der Waals surface area contributed by atoms with Crippen molar-refractivity contribution in [2.75, 3.05) is 0 Å². The van der Waals surface area contributed by atoms with Gasteiger partial charge in [0.05, 0.1) is 11.4 Å². The average Bonchev–Trinajstić information content (AvgIpc) is 3.55. The lowest BCUT2D eigenvalue weighted by Crippen LogP contribution is -1.97. The van der Waals surface area contributed by atoms with Crippen LogP contribution in [0.5, 0.6) is 0 Å². The lowest BCUT2D eigenvalue weighted by Gasteiger charge is -2.15. The molecule has 0 saturated carbocycles. The Morgan fingerprint density at radius 1 is 0.327 bits per heavy atom. The highest BCUT2D eigenvalue weighted by Crippen LogP contribution is 2.41. The molecule has 0 atom stereocenters. The molecule has 0 aliphatic rings. The minimum absolute atomic E-state index is 0.717. The molecular weight excluding hydrogens is 613 g/mol. The molecule has 0 fully saturated rings. The monoisotopic (exact) mass is 640 g/mol. The van der Waals surface area contributed by atoms with Crippen LogP contribution in [0.4, 0.5) is 0 Å². The summed E-state index contributed by atoms with van der Waals surface area (Å²) in [5.41, 5.74) is 7.41. The first-order valence-corrected chi connectivity index (χ1v) is 17.4. The summed E-state index contributed by atoms with van der Waals surface area (Å²) in [5, 5.41) is 9.91. The number of thiophene rings is 1. The van der Waals surface area contributed by atoms with Crippen molar-refractivity contribution in [2.24, 2.45) is 0 Å². The highest BCUT2D eigenvalue weighted by molar-refractivity contribution is 7.25. The van der Waals surface area contributed by atoms with Gasteiger partial charge in [0, 0.05) is 36.9 Å². The van der Waals surface area contributed by atoms with Gasteiger partial charge in [0.15, 0.2) is 5.82 Å². The predicted octanol–water partition coefficient (Wildman–Crippen LogP) is 13.0. The predicted molar refractivity (Wildman–Crippen MR) is 209 cm³/mol. The first kappa shape index (κ1) is 27.9. The normalized spacial score (nSPS) is 11.7. The fourth-order valence-corrected chi connectivity index (χ4v) is 8.42. The van der Waals surface area contributed by atoms with Crippen LogP contribution in [0.1, 0.15) is 0 Å². The summed E-state index contributed by atoms with van der Waals surface area (Å²) in [7, 11) is 0. The zero-order valence-electron chi connectivity index (χ0n) is 26.5. The van der Waals surface area contributed by atoms with E-state index < -0.39 is 0 Å². The highest BCUT2D eigenvalue weighted by Gasteiger charge is 2.17. The van der Waals surface area contributed by atoms with E-state index >= 15 is 0 Å². The van der Waals surface area contributed by atoms with Gasteiger partial charge in [-0.05, 0) is 67.7 Å². The summed E-state index contributed by atoms with van der Waals surface area (Å²) >= 11 is 1.85. The number of benzene rings is 8. The van der Waals surface area contributed by atoms with Crippen LogP contribution >= 0.6 is 11.3 Å². The molecule has 0 bridgehead atoms. The molecule has 3 heteroatoms. The molecule has 10 rings (SSSR count). The van der Waals surface area contributed by atoms with Crippen molar-refractivity contribution in [3.8, 4) is 45.0 Å². The molecule has 0 unspecified atom stereocenters. The lowest BCUT2D eigenvalue weighted by atomic mass is 9.91. The first-order chi connectivity index (χ1) is 24.3. The van der Waals surface area contributed by atoms with Gasteiger partial charge in [-0.3, -0.25) is 0 Å². The molecule has 0 spiro atoms. The van der Waals surface area contributed by atoms with E-state index in [0.29, 0.717) is 5.82 Å². The SMILES string of the molecule is c1ccc(-c2nc(-c3ccc(-c4ccc5c(c4)sc4ccccc45)cc3)cc(-c3c4ccccc4cc4c3ccc3ccccc34)n2)cc1. The van der Waals surface area contributed by atoms with Crippen LogP contribution < -0.4 is 0 Å². The molecule has 49 heavy (non-hydrogen) atoms. The van der Waals surface area contributed by atoms with Crippen molar-refractivity contribution in [3.63, 3.8) is 0 Å². The number of aromatic nitrogens is 2. The van der Waals surface area contributed by atoms with Crippen LogP contribution in [-0.2, 0) is 0 Å². The summed E-state index contributed by atoms with van der Waals surface area (Å²) in [6, 6.07) is 60.9. The molecule has 2 aromatic heterocycles. The maximum Gasteiger partial charge on any atom is 0.160 e. The average molecular weight is 641 g/mol. The van der Waals surface area contributed by atoms with Gasteiger partial charge in [-0.25, -0.2) is 9.97 Å². The van der Waals surface area contributed by atoms with Gasteiger partial charge in [-0.15, -0.1) is 11.3 Å². The fraction of sp³-hybridized carbons (Fsp3) is 0. The molecule has 0 radical (unpaired) electrons. The van der Waals surface area contributed by atoms with E-state index in [1.165, 1.54) is 63.6 Å². The molecule has 0 amide bonds. The molecule has 0 aliphatic heterocycles. The maximum atomic E-state index is 5.28. The van der Waals surface area contributed by atoms with Crippen molar-refractivity contribution >= 4 is 63.8 Å². The number of fused-ring (bicyclic) bond motifs is 7. The van der Waals surface area contributed by atoms with E-state index in [1.807, 2.05) is 29.5 Å². The zero-order valence-corrected chi connectivity index (χ0v) is 27.3. The minimum atomic E-state index is 0.717. The van der Waals surface area contributed by atoms with Crippen LogP contribution in [0.2, 0.25) is 0 Å². The van der Waals surface area contributed by atoms with Crippen LogP contribution in [0.3, 0.4) is 0 Å². The number of hydrogen-bond donors (Lipinski definition) is 0. The van der Waals surface area contributed by atoms with Crippen molar-refractivity contribution < 1.29 is 0 Å².